The second-order valence-corrected chi connectivity index (χ2v) is 7.40. The highest BCUT2D eigenvalue weighted by Crippen LogP contribution is 2.30. The van der Waals surface area contributed by atoms with Gasteiger partial charge in [0.15, 0.2) is 0 Å². The Balaban J connectivity index is 1.55. The number of ether oxygens (including phenoxy) is 2. The summed E-state index contributed by atoms with van der Waals surface area (Å²) in [7, 11) is 0. The molecule has 0 aliphatic heterocycles. The Morgan fingerprint density at radius 2 is 1.70 bits per heavy atom. The largest absolute Gasteiger partial charge is 0.480 e. The molecule has 1 heterocycles. The van der Waals surface area contributed by atoms with E-state index in [2.05, 4.69) is 4.98 Å². The van der Waals surface area contributed by atoms with E-state index in [-0.39, 0.29) is 19.1 Å². The zero-order chi connectivity index (χ0) is 21.3. The van der Waals surface area contributed by atoms with E-state index in [0.717, 1.165) is 31.9 Å². The summed E-state index contributed by atoms with van der Waals surface area (Å²) in [6.07, 6.45) is 5.47. The number of nitrogens with zero attached hydrogens (tertiary/aromatic N) is 2. The van der Waals surface area contributed by atoms with Gasteiger partial charge in [-0.25, -0.2) is 18.9 Å². The van der Waals surface area contributed by atoms with Crippen LogP contribution >= 0.6 is 0 Å². The molecule has 8 heteroatoms. The van der Waals surface area contributed by atoms with Crippen LogP contribution in [0.1, 0.15) is 25.7 Å². The minimum absolute atomic E-state index is 0.230. The van der Waals surface area contributed by atoms with Crippen LogP contribution in [0.25, 0.3) is 0 Å². The first-order valence-electron chi connectivity index (χ1n) is 9.95. The molecule has 0 unspecified atom stereocenters. The first-order chi connectivity index (χ1) is 14.5. The van der Waals surface area contributed by atoms with Crippen LogP contribution in [0.4, 0.5) is 20.6 Å². The van der Waals surface area contributed by atoms with Gasteiger partial charge < -0.3 is 14.6 Å². The molecule has 1 aliphatic carbocycles. The molecule has 1 N–H and O–H groups in total. The van der Waals surface area contributed by atoms with Crippen molar-refractivity contribution in [2.24, 2.45) is 11.8 Å². The Hall–Kier alpha value is -3.00. The van der Waals surface area contributed by atoms with Crippen LogP contribution in [-0.4, -0.2) is 42.0 Å². The lowest BCUT2D eigenvalue weighted by atomic mass is 9.83. The fourth-order valence-electron chi connectivity index (χ4n) is 3.59. The van der Waals surface area contributed by atoms with Crippen molar-refractivity contribution in [2.45, 2.75) is 25.7 Å². The number of aliphatic carboxylic acids is 1. The molecule has 30 heavy (non-hydrogen) atoms. The van der Waals surface area contributed by atoms with E-state index in [4.69, 9.17) is 14.6 Å². The van der Waals surface area contributed by atoms with Crippen molar-refractivity contribution in [3.63, 3.8) is 0 Å². The van der Waals surface area contributed by atoms with Crippen LogP contribution in [0.15, 0.2) is 48.8 Å². The highest BCUT2D eigenvalue weighted by atomic mass is 19.1. The number of aromatic nitrogens is 1. The van der Waals surface area contributed by atoms with Crippen molar-refractivity contribution in [3.8, 4) is 0 Å². The lowest BCUT2D eigenvalue weighted by molar-refractivity contribution is -0.142. The maximum Gasteiger partial charge on any atom is 0.419 e. The standard InChI is InChI=1S/C22H25FN2O5/c23-18-10-20(12-24-11-18)25(19-4-2-1-3-5-19)22(28)30-14-17-8-6-16(7-9-17)13-29-15-21(26)27/h1-5,10-12,16-17H,6-9,13-15H2,(H,26,27)/t16-,17-. The van der Waals surface area contributed by atoms with Gasteiger partial charge in [0.2, 0.25) is 0 Å². The Bertz CT molecular complexity index is 840. The first kappa shape index (κ1) is 21.7. The number of hydrogen-bond donors (Lipinski definition) is 1. The van der Waals surface area contributed by atoms with Crippen LogP contribution in [0, 0.1) is 17.7 Å². The Morgan fingerprint density at radius 3 is 2.33 bits per heavy atom. The predicted molar refractivity (Wildman–Crippen MR) is 108 cm³/mol. The van der Waals surface area contributed by atoms with Gasteiger partial charge in [-0.15, -0.1) is 0 Å². The van der Waals surface area contributed by atoms with Gasteiger partial charge >= 0.3 is 12.1 Å². The first-order valence-corrected chi connectivity index (χ1v) is 9.95. The lowest BCUT2D eigenvalue weighted by Crippen LogP contribution is -2.30. The molecular weight excluding hydrogens is 391 g/mol. The Labute approximate surface area is 174 Å². The molecule has 1 aromatic heterocycles. The highest BCUT2D eigenvalue weighted by molar-refractivity contribution is 5.95. The second-order valence-electron chi connectivity index (χ2n) is 7.40. The van der Waals surface area contributed by atoms with Crippen LogP contribution in [0.2, 0.25) is 0 Å². The minimum Gasteiger partial charge on any atom is -0.480 e. The average molecular weight is 416 g/mol. The molecule has 0 atom stereocenters. The number of rotatable bonds is 8. The van der Waals surface area contributed by atoms with Gasteiger partial charge in [0.05, 0.1) is 37.0 Å². The number of amides is 1. The molecule has 1 aliphatic rings. The normalized spacial score (nSPS) is 18.6. The van der Waals surface area contributed by atoms with Crippen molar-refractivity contribution >= 4 is 23.4 Å². The fourth-order valence-corrected chi connectivity index (χ4v) is 3.59. The van der Waals surface area contributed by atoms with Crippen LogP contribution in [-0.2, 0) is 14.3 Å². The maximum atomic E-state index is 13.7. The molecule has 7 nitrogen and oxygen atoms in total. The van der Waals surface area contributed by atoms with Crippen molar-refractivity contribution in [3.05, 3.63) is 54.6 Å². The van der Waals surface area contributed by atoms with E-state index in [1.807, 2.05) is 6.07 Å². The third kappa shape index (κ3) is 6.25. The third-order valence-electron chi connectivity index (χ3n) is 5.13. The summed E-state index contributed by atoms with van der Waals surface area (Å²) >= 11 is 0. The Morgan fingerprint density at radius 1 is 1.03 bits per heavy atom. The topological polar surface area (TPSA) is 89.0 Å². The SMILES string of the molecule is O=C(O)COC[C@H]1CC[C@H](COC(=O)N(c2ccccc2)c2cncc(F)c2)CC1. The number of anilines is 2. The quantitative estimate of drug-likeness (QED) is 0.686. The fraction of sp³-hybridized carbons (Fsp3) is 0.409. The summed E-state index contributed by atoms with van der Waals surface area (Å²) in [6.45, 7) is 0.433. The molecule has 2 aromatic rings. The van der Waals surface area contributed by atoms with E-state index < -0.39 is 17.9 Å². The van der Waals surface area contributed by atoms with Crippen molar-refractivity contribution in [2.75, 3.05) is 24.7 Å². The van der Waals surface area contributed by atoms with Crippen molar-refractivity contribution < 1.29 is 28.6 Å². The van der Waals surface area contributed by atoms with Gasteiger partial charge in [0, 0.05) is 6.07 Å². The summed E-state index contributed by atoms with van der Waals surface area (Å²) in [6, 6.07) is 10.1. The molecule has 0 bridgehead atoms. The number of hydrogen-bond acceptors (Lipinski definition) is 5. The monoisotopic (exact) mass is 416 g/mol. The molecule has 160 valence electrons. The van der Waals surface area contributed by atoms with Gasteiger partial charge in [-0.1, -0.05) is 18.2 Å². The average Bonchev–Trinajstić information content (AvgIpc) is 2.74. The van der Waals surface area contributed by atoms with Gasteiger partial charge in [-0.2, -0.15) is 0 Å². The van der Waals surface area contributed by atoms with E-state index >= 15 is 0 Å². The number of carboxylic acids is 1. The molecule has 0 spiro atoms. The minimum atomic E-state index is -0.966. The number of pyridine rings is 1. The number of para-hydroxylation sites is 1. The number of carbonyl (C=O) groups excluding carboxylic acids is 1. The maximum absolute atomic E-state index is 13.7. The zero-order valence-corrected chi connectivity index (χ0v) is 16.6. The zero-order valence-electron chi connectivity index (χ0n) is 16.6. The number of halogens is 1. The molecule has 1 amide bonds. The molecule has 1 aromatic carbocycles. The van der Waals surface area contributed by atoms with E-state index in [1.54, 1.807) is 24.3 Å². The number of carboxylic acid groups (broad SMARTS) is 1. The number of carbonyl (C=O) groups is 2. The van der Waals surface area contributed by atoms with Gasteiger partial charge in [-0.3, -0.25) is 4.98 Å². The van der Waals surface area contributed by atoms with Crippen LogP contribution in [0.3, 0.4) is 0 Å². The van der Waals surface area contributed by atoms with E-state index in [9.17, 15) is 14.0 Å². The summed E-state index contributed by atoms with van der Waals surface area (Å²) in [4.78, 5) is 28.5. The molecule has 1 fully saturated rings. The lowest BCUT2D eigenvalue weighted by Gasteiger charge is -2.29. The Kier molecular flexibility index (Phi) is 7.73. The van der Waals surface area contributed by atoms with Crippen molar-refractivity contribution in [1.29, 1.82) is 0 Å². The van der Waals surface area contributed by atoms with Gasteiger partial charge in [0.1, 0.15) is 12.4 Å². The molecular formula is C22H25FN2O5. The van der Waals surface area contributed by atoms with Crippen LogP contribution < -0.4 is 4.90 Å². The second kappa shape index (κ2) is 10.7. The van der Waals surface area contributed by atoms with E-state index in [1.165, 1.54) is 17.2 Å². The molecule has 0 saturated heterocycles. The summed E-state index contributed by atoms with van der Waals surface area (Å²) < 4.78 is 24.4. The van der Waals surface area contributed by atoms with Crippen molar-refractivity contribution in [1.82, 2.24) is 4.98 Å². The smallest absolute Gasteiger partial charge is 0.419 e. The predicted octanol–water partition coefficient (Wildman–Crippen LogP) is 4.40. The molecule has 3 rings (SSSR count). The summed E-state index contributed by atoms with van der Waals surface area (Å²) in [5, 5.41) is 8.63. The van der Waals surface area contributed by atoms with Crippen LogP contribution in [0.5, 0.6) is 0 Å². The third-order valence-corrected chi connectivity index (χ3v) is 5.13. The molecule has 0 radical (unpaired) electrons. The summed E-state index contributed by atoms with van der Waals surface area (Å²) in [5.41, 5.74) is 0.861. The summed E-state index contributed by atoms with van der Waals surface area (Å²) in [5.74, 6) is -0.944. The van der Waals surface area contributed by atoms with Gasteiger partial charge in [-0.05, 0) is 49.7 Å². The van der Waals surface area contributed by atoms with Gasteiger partial charge in [0.25, 0.3) is 0 Å². The highest BCUT2D eigenvalue weighted by Gasteiger charge is 2.25. The molecule has 1 saturated carbocycles. The van der Waals surface area contributed by atoms with E-state index in [0.29, 0.717) is 23.9 Å². The number of benzene rings is 1.